The Labute approximate surface area is 139 Å². The van der Waals surface area contributed by atoms with Crippen LogP contribution in [-0.4, -0.2) is 0 Å². The Morgan fingerprint density at radius 3 is 2.48 bits per heavy atom. The van der Waals surface area contributed by atoms with Crippen LogP contribution in [-0.2, 0) is 0 Å². The molecule has 2 atom stereocenters. The minimum absolute atomic E-state index is 0.380. The van der Waals surface area contributed by atoms with E-state index in [4.69, 9.17) is 0 Å². The number of halogens is 1. The summed E-state index contributed by atoms with van der Waals surface area (Å²) in [6, 6.07) is 14.0. The zero-order valence-electron chi connectivity index (χ0n) is 12.4. The van der Waals surface area contributed by atoms with Crippen molar-refractivity contribution in [2.75, 3.05) is 0 Å². The second kappa shape index (κ2) is 7.08. The number of rotatable bonds is 5. The molecule has 1 aliphatic rings. The molecule has 3 rings (SSSR count). The Bertz CT molecular complexity index is 543. The number of hydrogen-bond donors (Lipinski definition) is 1. The largest absolute Gasteiger partial charge is 0.302 e. The van der Waals surface area contributed by atoms with Crippen LogP contribution in [0.4, 0.5) is 0 Å². The summed E-state index contributed by atoms with van der Waals surface area (Å²) in [5, 5.41) is 6.09. The van der Waals surface area contributed by atoms with Crippen LogP contribution < -0.4 is 5.32 Å². The SMILES string of the molecule is CC(NC(c1cccs1)C1CCCC1)c1ccc(Br)cc1. The number of hydrogen-bond acceptors (Lipinski definition) is 2. The molecule has 0 aliphatic heterocycles. The van der Waals surface area contributed by atoms with Crippen molar-refractivity contribution in [2.24, 2.45) is 5.92 Å². The molecule has 1 N–H and O–H groups in total. The summed E-state index contributed by atoms with van der Waals surface area (Å²) in [7, 11) is 0. The van der Waals surface area contributed by atoms with Crippen molar-refractivity contribution < 1.29 is 0 Å². The molecule has 2 aromatic rings. The highest BCUT2D eigenvalue weighted by atomic mass is 79.9. The van der Waals surface area contributed by atoms with Crippen LogP contribution in [0.15, 0.2) is 46.3 Å². The van der Waals surface area contributed by atoms with Crippen molar-refractivity contribution in [3.8, 4) is 0 Å². The lowest BCUT2D eigenvalue weighted by Gasteiger charge is -2.28. The fourth-order valence-electron chi connectivity index (χ4n) is 3.33. The zero-order chi connectivity index (χ0) is 14.7. The third-order valence-electron chi connectivity index (χ3n) is 4.52. The van der Waals surface area contributed by atoms with Gasteiger partial charge in [0.25, 0.3) is 0 Å². The van der Waals surface area contributed by atoms with Gasteiger partial charge in [-0.2, -0.15) is 0 Å². The third kappa shape index (κ3) is 3.77. The molecular weight excluding hydrogens is 342 g/mol. The van der Waals surface area contributed by atoms with E-state index in [0.29, 0.717) is 12.1 Å². The summed E-state index contributed by atoms with van der Waals surface area (Å²) in [6.07, 6.45) is 5.51. The van der Waals surface area contributed by atoms with Crippen LogP contribution in [0.3, 0.4) is 0 Å². The normalized spacial score (nSPS) is 18.8. The maximum Gasteiger partial charge on any atom is 0.0448 e. The molecule has 1 heterocycles. The van der Waals surface area contributed by atoms with E-state index in [1.165, 1.54) is 36.1 Å². The fourth-order valence-corrected chi connectivity index (χ4v) is 4.47. The van der Waals surface area contributed by atoms with Crippen molar-refractivity contribution in [3.05, 3.63) is 56.7 Å². The van der Waals surface area contributed by atoms with Gasteiger partial charge in [-0.15, -0.1) is 11.3 Å². The first-order valence-electron chi connectivity index (χ1n) is 7.79. The zero-order valence-corrected chi connectivity index (χ0v) is 14.8. The van der Waals surface area contributed by atoms with Gasteiger partial charge in [0.2, 0.25) is 0 Å². The molecule has 21 heavy (non-hydrogen) atoms. The highest BCUT2D eigenvalue weighted by molar-refractivity contribution is 9.10. The van der Waals surface area contributed by atoms with E-state index in [-0.39, 0.29) is 0 Å². The molecule has 0 spiro atoms. The average molecular weight is 364 g/mol. The molecule has 0 radical (unpaired) electrons. The smallest absolute Gasteiger partial charge is 0.0448 e. The quantitative estimate of drug-likeness (QED) is 0.677. The van der Waals surface area contributed by atoms with Crippen LogP contribution in [0, 0.1) is 5.92 Å². The molecule has 2 unspecified atom stereocenters. The summed E-state index contributed by atoms with van der Waals surface area (Å²) >= 11 is 5.40. The molecule has 1 saturated carbocycles. The van der Waals surface area contributed by atoms with Gasteiger partial charge in [0, 0.05) is 21.4 Å². The molecule has 1 aliphatic carbocycles. The van der Waals surface area contributed by atoms with Crippen LogP contribution >= 0.6 is 27.3 Å². The molecule has 1 nitrogen and oxygen atoms in total. The predicted molar refractivity (Wildman–Crippen MR) is 94.7 cm³/mol. The topological polar surface area (TPSA) is 12.0 Å². The van der Waals surface area contributed by atoms with Crippen LogP contribution in [0.2, 0.25) is 0 Å². The average Bonchev–Trinajstić information content (AvgIpc) is 3.19. The molecule has 0 amide bonds. The lowest BCUT2D eigenvalue weighted by atomic mass is 9.95. The van der Waals surface area contributed by atoms with E-state index in [1.807, 2.05) is 11.3 Å². The van der Waals surface area contributed by atoms with Gasteiger partial charge in [-0.25, -0.2) is 0 Å². The Kier molecular flexibility index (Phi) is 5.15. The molecule has 1 aromatic heterocycles. The van der Waals surface area contributed by atoms with E-state index in [1.54, 1.807) is 0 Å². The lowest BCUT2D eigenvalue weighted by Crippen LogP contribution is -2.29. The van der Waals surface area contributed by atoms with Crippen molar-refractivity contribution in [1.29, 1.82) is 0 Å². The van der Waals surface area contributed by atoms with E-state index in [9.17, 15) is 0 Å². The summed E-state index contributed by atoms with van der Waals surface area (Å²) in [4.78, 5) is 1.49. The Balaban J connectivity index is 1.76. The van der Waals surface area contributed by atoms with Gasteiger partial charge < -0.3 is 5.32 Å². The first kappa shape index (κ1) is 15.3. The summed E-state index contributed by atoms with van der Waals surface area (Å²) in [5.74, 6) is 0.793. The van der Waals surface area contributed by atoms with Crippen molar-refractivity contribution in [1.82, 2.24) is 5.32 Å². The van der Waals surface area contributed by atoms with Gasteiger partial charge in [0.1, 0.15) is 0 Å². The second-order valence-electron chi connectivity index (χ2n) is 5.98. The van der Waals surface area contributed by atoms with Gasteiger partial charge in [0.15, 0.2) is 0 Å². The lowest BCUT2D eigenvalue weighted by molar-refractivity contribution is 0.343. The maximum absolute atomic E-state index is 3.89. The van der Waals surface area contributed by atoms with E-state index in [0.717, 1.165) is 10.4 Å². The number of thiophene rings is 1. The molecule has 0 saturated heterocycles. The van der Waals surface area contributed by atoms with Gasteiger partial charge in [0.05, 0.1) is 0 Å². The number of nitrogens with one attached hydrogen (secondary N) is 1. The predicted octanol–water partition coefficient (Wildman–Crippen LogP) is 6.09. The van der Waals surface area contributed by atoms with Gasteiger partial charge >= 0.3 is 0 Å². The Morgan fingerprint density at radius 2 is 1.86 bits per heavy atom. The highest BCUT2D eigenvalue weighted by Gasteiger charge is 2.28. The molecular formula is C18H22BrNS. The molecule has 1 fully saturated rings. The minimum Gasteiger partial charge on any atom is -0.302 e. The van der Waals surface area contributed by atoms with Crippen molar-refractivity contribution in [2.45, 2.75) is 44.7 Å². The van der Waals surface area contributed by atoms with Gasteiger partial charge in [-0.1, -0.05) is 47.0 Å². The molecule has 112 valence electrons. The molecule has 1 aromatic carbocycles. The van der Waals surface area contributed by atoms with Crippen molar-refractivity contribution >= 4 is 27.3 Å². The highest BCUT2D eigenvalue weighted by Crippen LogP contribution is 2.38. The minimum atomic E-state index is 0.380. The first-order valence-corrected chi connectivity index (χ1v) is 9.46. The summed E-state index contributed by atoms with van der Waals surface area (Å²) in [6.45, 7) is 2.28. The molecule has 0 bridgehead atoms. The number of benzene rings is 1. The van der Waals surface area contributed by atoms with Gasteiger partial charge in [-0.3, -0.25) is 0 Å². The Hall–Kier alpha value is -0.640. The van der Waals surface area contributed by atoms with E-state index in [2.05, 4.69) is 69.9 Å². The summed E-state index contributed by atoms with van der Waals surface area (Å²) < 4.78 is 1.14. The fraction of sp³-hybridized carbons (Fsp3) is 0.444. The first-order chi connectivity index (χ1) is 10.2. The summed E-state index contributed by atoms with van der Waals surface area (Å²) in [5.41, 5.74) is 1.36. The second-order valence-corrected chi connectivity index (χ2v) is 7.87. The maximum atomic E-state index is 3.89. The van der Waals surface area contributed by atoms with Crippen LogP contribution in [0.1, 0.15) is 55.1 Å². The standard InChI is InChI=1S/C18H22BrNS/c1-13(14-8-10-16(19)11-9-14)20-18(15-5-2-3-6-15)17-7-4-12-21-17/h4,7-13,15,18,20H,2-3,5-6H2,1H3. The third-order valence-corrected chi connectivity index (χ3v) is 6.00. The van der Waals surface area contributed by atoms with Crippen LogP contribution in [0.25, 0.3) is 0 Å². The van der Waals surface area contributed by atoms with Gasteiger partial charge in [-0.05, 0) is 54.8 Å². The van der Waals surface area contributed by atoms with E-state index < -0.39 is 0 Å². The van der Waals surface area contributed by atoms with Crippen LogP contribution in [0.5, 0.6) is 0 Å². The van der Waals surface area contributed by atoms with Crippen molar-refractivity contribution in [3.63, 3.8) is 0 Å². The van der Waals surface area contributed by atoms with E-state index >= 15 is 0 Å². The monoisotopic (exact) mass is 363 g/mol. The molecule has 3 heteroatoms. The Morgan fingerprint density at radius 1 is 1.14 bits per heavy atom.